The van der Waals surface area contributed by atoms with Crippen LogP contribution in [0.1, 0.15) is 37.6 Å². The highest BCUT2D eigenvalue weighted by atomic mass is 16.2. The second-order valence-electron chi connectivity index (χ2n) is 7.15. The molecule has 3 atom stereocenters. The maximum atomic E-state index is 13.0. The number of anilines is 1. The molecule has 1 fully saturated rings. The monoisotopic (exact) mass is 331 g/mol. The molecule has 5 heteroatoms. The molecule has 5 nitrogen and oxygen atoms in total. The Hall–Kier alpha value is -1.88. The standard InChI is InChI=1S/C19H29N3O2/c1-13-9-14(2)12-22(11-13)19(24)16-7-5-6-8-17(16)21-18(23)15(3)10-20-4/h5-8,13-15,20H,9-12H2,1-4H3,(H,21,23). The number of hydrogen-bond acceptors (Lipinski definition) is 3. The Kier molecular flexibility index (Phi) is 6.37. The number of rotatable bonds is 5. The van der Waals surface area contributed by atoms with Gasteiger partial charge in [-0.3, -0.25) is 9.59 Å². The van der Waals surface area contributed by atoms with Gasteiger partial charge in [-0.05, 0) is 37.4 Å². The van der Waals surface area contributed by atoms with Crippen molar-refractivity contribution in [1.82, 2.24) is 10.2 Å². The molecule has 132 valence electrons. The number of para-hydroxylation sites is 1. The summed E-state index contributed by atoms with van der Waals surface area (Å²) in [4.78, 5) is 27.2. The van der Waals surface area contributed by atoms with E-state index in [9.17, 15) is 9.59 Å². The van der Waals surface area contributed by atoms with E-state index in [1.807, 2.05) is 31.0 Å². The van der Waals surface area contributed by atoms with Crippen LogP contribution in [-0.4, -0.2) is 43.4 Å². The maximum Gasteiger partial charge on any atom is 0.255 e. The molecule has 2 amide bonds. The zero-order chi connectivity index (χ0) is 17.7. The molecule has 1 aliphatic heterocycles. The third-order valence-electron chi connectivity index (χ3n) is 4.53. The van der Waals surface area contributed by atoms with E-state index in [1.54, 1.807) is 12.1 Å². The normalized spacial score (nSPS) is 22.1. The fourth-order valence-corrected chi connectivity index (χ4v) is 3.43. The van der Waals surface area contributed by atoms with Gasteiger partial charge in [0.05, 0.1) is 11.3 Å². The van der Waals surface area contributed by atoms with Gasteiger partial charge < -0.3 is 15.5 Å². The molecule has 3 unspecified atom stereocenters. The number of benzene rings is 1. The van der Waals surface area contributed by atoms with Gasteiger partial charge in [0.15, 0.2) is 0 Å². The van der Waals surface area contributed by atoms with Gasteiger partial charge in [-0.25, -0.2) is 0 Å². The number of amides is 2. The first-order chi connectivity index (χ1) is 11.4. The largest absolute Gasteiger partial charge is 0.338 e. The lowest BCUT2D eigenvalue weighted by Crippen LogP contribution is -2.42. The molecule has 24 heavy (non-hydrogen) atoms. The van der Waals surface area contributed by atoms with Crippen molar-refractivity contribution in [2.75, 3.05) is 32.0 Å². The summed E-state index contributed by atoms with van der Waals surface area (Å²) in [5, 5.41) is 5.91. The van der Waals surface area contributed by atoms with Crippen molar-refractivity contribution in [3.63, 3.8) is 0 Å². The summed E-state index contributed by atoms with van der Waals surface area (Å²) >= 11 is 0. The highest BCUT2D eigenvalue weighted by Crippen LogP contribution is 2.25. The third-order valence-corrected chi connectivity index (χ3v) is 4.53. The van der Waals surface area contributed by atoms with Crippen LogP contribution in [-0.2, 0) is 4.79 Å². The number of nitrogens with one attached hydrogen (secondary N) is 2. The Morgan fingerprint density at radius 3 is 2.46 bits per heavy atom. The molecule has 1 aliphatic rings. The number of hydrogen-bond donors (Lipinski definition) is 2. The van der Waals surface area contributed by atoms with Gasteiger partial charge in [0.2, 0.25) is 5.91 Å². The summed E-state index contributed by atoms with van der Waals surface area (Å²) in [7, 11) is 1.82. The summed E-state index contributed by atoms with van der Waals surface area (Å²) in [6, 6.07) is 7.28. The van der Waals surface area contributed by atoms with Crippen LogP contribution < -0.4 is 10.6 Å². The van der Waals surface area contributed by atoms with Crippen LogP contribution >= 0.6 is 0 Å². The SMILES string of the molecule is CNCC(C)C(=O)Nc1ccccc1C(=O)N1CC(C)CC(C)C1. The Labute approximate surface area is 144 Å². The Morgan fingerprint density at radius 1 is 1.21 bits per heavy atom. The van der Waals surface area contributed by atoms with Gasteiger partial charge >= 0.3 is 0 Å². The highest BCUT2D eigenvalue weighted by Gasteiger charge is 2.27. The number of carbonyl (C=O) groups excluding carboxylic acids is 2. The molecule has 2 N–H and O–H groups in total. The maximum absolute atomic E-state index is 13.0. The van der Waals surface area contributed by atoms with Crippen molar-refractivity contribution in [2.45, 2.75) is 27.2 Å². The lowest BCUT2D eigenvalue weighted by molar-refractivity contribution is -0.119. The summed E-state index contributed by atoms with van der Waals surface area (Å²) in [6.07, 6.45) is 1.16. The summed E-state index contributed by atoms with van der Waals surface area (Å²) < 4.78 is 0. The van der Waals surface area contributed by atoms with Crippen LogP contribution in [0.2, 0.25) is 0 Å². The van der Waals surface area contributed by atoms with Gasteiger partial charge in [-0.2, -0.15) is 0 Å². The van der Waals surface area contributed by atoms with Crippen molar-refractivity contribution in [3.05, 3.63) is 29.8 Å². The lowest BCUT2D eigenvalue weighted by Gasteiger charge is -2.35. The van der Waals surface area contributed by atoms with E-state index in [0.29, 0.717) is 29.6 Å². The van der Waals surface area contributed by atoms with E-state index in [0.717, 1.165) is 19.5 Å². The zero-order valence-electron chi connectivity index (χ0n) is 15.1. The minimum atomic E-state index is -0.159. The van der Waals surface area contributed by atoms with Crippen molar-refractivity contribution in [1.29, 1.82) is 0 Å². The molecule has 2 rings (SSSR count). The quantitative estimate of drug-likeness (QED) is 0.872. The number of nitrogens with zero attached hydrogens (tertiary/aromatic N) is 1. The minimum Gasteiger partial charge on any atom is -0.338 e. The van der Waals surface area contributed by atoms with Crippen molar-refractivity contribution >= 4 is 17.5 Å². The van der Waals surface area contributed by atoms with E-state index in [1.165, 1.54) is 0 Å². The molecular weight excluding hydrogens is 302 g/mol. The molecule has 0 radical (unpaired) electrons. The predicted octanol–water partition coefficient (Wildman–Crippen LogP) is 2.60. The van der Waals surface area contributed by atoms with Gasteiger partial charge in [-0.1, -0.05) is 32.9 Å². The number of likely N-dealkylation sites (tertiary alicyclic amines) is 1. The average molecular weight is 331 g/mol. The Balaban J connectivity index is 2.16. The van der Waals surface area contributed by atoms with E-state index >= 15 is 0 Å². The Morgan fingerprint density at radius 2 is 1.83 bits per heavy atom. The summed E-state index contributed by atoms with van der Waals surface area (Å²) in [6.45, 7) is 8.39. The van der Waals surface area contributed by atoms with Crippen LogP contribution in [0.4, 0.5) is 5.69 Å². The van der Waals surface area contributed by atoms with Gasteiger partial charge in [0.1, 0.15) is 0 Å². The first-order valence-electron chi connectivity index (χ1n) is 8.76. The van der Waals surface area contributed by atoms with Gasteiger partial charge in [0, 0.05) is 25.6 Å². The molecule has 1 aromatic rings. The zero-order valence-corrected chi connectivity index (χ0v) is 15.1. The number of carbonyl (C=O) groups is 2. The molecule has 1 aromatic carbocycles. The van der Waals surface area contributed by atoms with Crippen molar-refractivity contribution in [3.8, 4) is 0 Å². The molecule has 1 saturated heterocycles. The molecule has 0 saturated carbocycles. The van der Waals surface area contributed by atoms with Crippen molar-refractivity contribution < 1.29 is 9.59 Å². The molecule has 0 aromatic heterocycles. The van der Waals surface area contributed by atoms with Gasteiger partial charge in [-0.15, -0.1) is 0 Å². The first-order valence-corrected chi connectivity index (χ1v) is 8.76. The van der Waals surface area contributed by atoms with Gasteiger partial charge in [0.25, 0.3) is 5.91 Å². The minimum absolute atomic E-state index is 0.00516. The predicted molar refractivity (Wildman–Crippen MR) is 97.0 cm³/mol. The van der Waals surface area contributed by atoms with E-state index in [2.05, 4.69) is 24.5 Å². The topological polar surface area (TPSA) is 61.4 Å². The summed E-state index contributed by atoms with van der Waals surface area (Å²) in [5.74, 6) is 0.786. The Bertz CT molecular complexity index is 578. The second-order valence-corrected chi connectivity index (χ2v) is 7.15. The molecule has 1 heterocycles. The first kappa shape index (κ1) is 18.5. The third kappa shape index (κ3) is 4.57. The fraction of sp³-hybridized carbons (Fsp3) is 0.579. The van der Waals surface area contributed by atoms with Crippen LogP contribution in [0, 0.1) is 17.8 Å². The van der Waals surface area contributed by atoms with Crippen LogP contribution in [0.3, 0.4) is 0 Å². The van der Waals surface area contributed by atoms with E-state index in [4.69, 9.17) is 0 Å². The molecule has 0 bridgehead atoms. The molecule has 0 spiro atoms. The number of piperidine rings is 1. The lowest BCUT2D eigenvalue weighted by atomic mass is 9.91. The fourth-order valence-electron chi connectivity index (χ4n) is 3.43. The molecular formula is C19H29N3O2. The van der Waals surface area contributed by atoms with Crippen LogP contribution in [0.25, 0.3) is 0 Å². The molecule has 0 aliphatic carbocycles. The average Bonchev–Trinajstić information content (AvgIpc) is 2.54. The van der Waals surface area contributed by atoms with E-state index < -0.39 is 0 Å². The smallest absolute Gasteiger partial charge is 0.255 e. The van der Waals surface area contributed by atoms with Crippen LogP contribution in [0.15, 0.2) is 24.3 Å². The summed E-state index contributed by atoms with van der Waals surface area (Å²) in [5.41, 5.74) is 1.17. The van der Waals surface area contributed by atoms with Crippen molar-refractivity contribution in [2.24, 2.45) is 17.8 Å². The second kappa shape index (κ2) is 8.29. The highest BCUT2D eigenvalue weighted by molar-refractivity contribution is 6.04. The van der Waals surface area contributed by atoms with E-state index in [-0.39, 0.29) is 17.7 Å². The van der Waals surface area contributed by atoms with Crippen LogP contribution in [0.5, 0.6) is 0 Å².